The van der Waals surface area contributed by atoms with Crippen LogP contribution in [0.1, 0.15) is 29.6 Å². The minimum Gasteiger partial charge on any atom is -0.493 e. The third-order valence-electron chi connectivity index (χ3n) is 4.40. The standard InChI is InChI=1S/C22H20ClN3O3/c1-3-8-28-20-7-5-4-6-16(20)18-12-19(26-25-18)22(27)24-15-10-14-9-13(2)29-21(14)17(23)11-15/h4-7,9-12H,3,8H2,1-2H3,(H,24,27)(H,25,26). The zero-order valence-corrected chi connectivity index (χ0v) is 16.8. The van der Waals surface area contributed by atoms with Crippen LogP contribution in [0.5, 0.6) is 5.75 Å². The quantitative estimate of drug-likeness (QED) is 0.420. The number of H-pyrrole nitrogens is 1. The van der Waals surface area contributed by atoms with Crippen molar-refractivity contribution in [2.24, 2.45) is 0 Å². The van der Waals surface area contributed by atoms with E-state index in [1.54, 1.807) is 12.1 Å². The molecular weight excluding hydrogens is 390 g/mol. The molecule has 4 rings (SSSR count). The highest BCUT2D eigenvalue weighted by atomic mass is 35.5. The highest BCUT2D eigenvalue weighted by Crippen LogP contribution is 2.31. The summed E-state index contributed by atoms with van der Waals surface area (Å²) in [6.07, 6.45) is 0.908. The summed E-state index contributed by atoms with van der Waals surface area (Å²) in [5, 5.41) is 11.2. The number of carbonyl (C=O) groups is 1. The number of nitrogens with one attached hydrogen (secondary N) is 2. The van der Waals surface area contributed by atoms with Crippen LogP contribution in [0.4, 0.5) is 5.69 Å². The van der Waals surface area contributed by atoms with Crippen molar-refractivity contribution in [2.45, 2.75) is 20.3 Å². The van der Waals surface area contributed by atoms with Crippen LogP contribution < -0.4 is 10.1 Å². The van der Waals surface area contributed by atoms with Gasteiger partial charge < -0.3 is 14.5 Å². The number of amides is 1. The molecule has 0 unspecified atom stereocenters. The Balaban J connectivity index is 1.57. The van der Waals surface area contributed by atoms with E-state index in [0.717, 1.165) is 28.9 Å². The van der Waals surface area contributed by atoms with E-state index < -0.39 is 0 Å². The fourth-order valence-corrected chi connectivity index (χ4v) is 3.37. The van der Waals surface area contributed by atoms with Gasteiger partial charge in [-0.05, 0) is 49.7 Å². The summed E-state index contributed by atoms with van der Waals surface area (Å²) in [7, 11) is 0. The van der Waals surface area contributed by atoms with Crippen molar-refractivity contribution >= 4 is 34.2 Å². The molecule has 2 aromatic carbocycles. The summed E-state index contributed by atoms with van der Waals surface area (Å²) < 4.78 is 11.3. The number of nitrogens with zero attached hydrogens (tertiary/aromatic N) is 1. The zero-order valence-electron chi connectivity index (χ0n) is 16.1. The average Bonchev–Trinajstić information content (AvgIpc) is 3.33. The Morgan fingerprint density at radius 3 is 2.90 bits per heavy atom. The van der Waals surface area contributed by atoms with Gasteiger partial charge in [-0.2, -0.15) is 5.10 Å². The fraction of sp³-hybridized carbons (Fsp3) is 0.182. The van der Waals surface area contributed by atoms with Crippen LogP contribution in [0.15, 0.2) is 52.9 Å². The molecule has 4 aromatic rings. The maximum Gasteiger partial charge on any atom is 0.273 e. The number of fused-ring (bicyclic) bond motifs is 1. The first-order valence-electron chi connectivity index (χ1n) is 9.34. The Bertz CT molecular complexity index is 1180. The van der Waals surface area contributed by atoms with E-state index >= 15 is 0 Å². The second kappa shape index (κ2) is 8.01. The number of ether oxygens (including phenoxy) is 1. The number of furan rings is 1. The summed E-state index contributed by atoms with van der Waals surface area (Å²) in [5.41, 5.74) is 2.99. The van der Waals surface area contributed by atoms with Crippen LogP contribution >= 0.6 is 11.6 Å². The number of carbonyl (C=O) groups excluding carboxylic acids is 1. The lowest BCUT2D eigenvalue weighted by Crippen LogP contribution is -2.12. The highest BCUT2D eigenvalue weighted by Gasteiger charge is 2.15. The maximum absolute atomic E-state index is 12.7. The molecule has 0 fully saturated rings. The van der Waals surface area contributed by atoms with Crippen molar-refractivity contribution < 1.29 is 13.9 Å². The van der Waals surface area contributed by atoms with E-state index in [0.29, 0.717) is 34.3 Å². The van der Waals surface area contributed by atoms with Crippen molar-refractivity contribution in [1.82, 2.24) is 10.2 Å². The number of aryl methyl sites for hydroxylation is 1. The van der Waals surface area contributed by atoms with Crippen LogP contribution in [0, 0.1) is 6.92 Å². The van der Waals surface area contributed by atoms with Crippen LogP contribution in [0.25, 0.3) is 22.2 Å². The highest BCUT2D eigenvalue weighted by molar-refractivity contribution is 6.35. The number of para-hydroxylation sites is 1. The van der Waals surface area contributed by atoms with Gasteiger partial charge in [0.2, 0.25) is 0 Å². The minimum absolute atomic E-state index is 0.314. The number of hydrogen-bond donors (Lipinski definition) is 2. The van der Waals surface area contributed by atoms with Crippen molar-refractivity contribution in [3.63, 3.8) is 0 Å². The Kier molecular flexibility index (Phi) is 5.27. The molecule has 2 N–H and O–H groups in total. The van der Waals surface area contributed by atoms with Crippen LogP contribution in [0.3, 0.4) is 0 Å². The Hall–Kier alpha value is -3.25. The molecule has 2 heterocycles. The van der Waals surface area contributed by atoms with E-state index in [2.05, 4.69) is 15.5 Å². The van der Waals surface area contributed by atoms with Crippen molar-refractivity contribution in [2.75, 3.05) is 11.9 Å². The Labute approximate surface area is 172 Å². The van der Waals surface area contributed by atoms with E-state index in [-0.39, 0.29) is 5.91 Å². The second-order valence-corrected chi connectivity index (χ2v) is 7.11. The Morgan fingerprint density at radius 2 is 2.07 bits per heavy atom. The molecule has 2 aromatic heterocycles. The van der Waals surface area contributed by atoms with Gasteiger partial charge in [0.1, 0.15) is 17.2 Å². The predicted molar refractivity (Wildman–Crippen MR) is 114 cm³/mol. The summed E-state index contributed by atoms with van der Waals surface area (Å²) in [4.78, 5) is 12.7. The molecular formula is C22H20ClN3O3. The average molecular weight is 410 g/mol. The molecule has 0 aliphatic heterocycles. The van der Waals surface area contributed by atoms with E-state index in [9.17, 15) is 4.79 Å². The monoisotopic (exact) mass is 409 g/mol. The molecule has 0 radical (unpaired) electrons. The van der Waals surface area contributed by atoms with Crippen LogP contribution in [-0.4, -0.2) is 22.7 Å². The first-order chi connectivity index (χ1) is 14.0. The van der Waals surface area contributed by atoms with Crippen molar-refractivity contribution in [3.8, 4) is 17.0 Å². The number of aromatic amines is 1. The molecule has 29 heavy (non-hydrogen) atoms. The lowest BCUT2D eigenvalue weighted by molar-refractivity contribution is 0.102. The molecule has 0 aliphatic rings. The Morgan fingerprint density at radius 1 is 1.24 bits per heavy atom. The number of halogens is 1. The first-order valence-corrected chi connectivity index (χ1v) is 9.71. The molecule has 6 nitrogen and oxygen atoms in total. The second-order valence-electron chi connectivity index (χ2n) is 6.70. The smallest absolute Gasteiger partial charge is 0.273 e. The lowest BCUT2D eigenvalue weighted by Gasteiger charge is -2.08. The first kappa shape index (κ1) is 19.1. The zero-order chi connectivity index (χ0) is 20.4. The van der Waals surface area contributed by atoms with Crippen molar-refractivity contribution in [1.29, 1.82) is 0 Å². The number of rotatable bonds is 6. The van der Waals surface area contributed by atoms with E-state index in [1.807, 2.05) is 50.2 Å². The number of aromatic nitrogens is 2. The molecule has 0 bridgehead atoms. The molecule has 0 aliphatic carbocycles. The number of hydrogen-bond acceptors (Lipinski definition) is 4. The van der Waals surface area contributed by atoms with Gasteiger partial charge in [0.15, 0.2) is 5.58 Å². The molecule has 0 saturated heterocycles. The summed E-state index contributed by atoms with van der Waals surface area (Å²) in [5.74, 6) is 1.18. The van der Waals surface area contributed by atoms with Gasteiger partial charge in [0.25, 0.3) is 5.91 Å². The summed E-state index contributed by atoms with van der Waals surface area (Å²) in [6.45, 7) is 4.52. The van der Waals surface area contributed by atoms with Gasteiger partial charge in [-0.15, -0.1) is 0 Å². The molecule has 0 saturated carbocycles. The summed E-state index contributed by atoms with van der Waals surface area (Å²) in [6, 6.07) is 14.7. The van der Waals surface area contributed by atoms with Crippen molar-refractivity contribution in [3.05, 3.63) is 65.0 Å². The van der Waals surface area contributed by atoms with Gasteiger partial charge in [-0.3, -0.25) is 9.89 Å². The molecule has 7 heteroatoms. The third-order valence-corrected chi connectivity index (χ3v) is 4.68. The lowest BCUT2D eigenvalue weighted by atomic mass is 10.1. The largest absolute Gasteiger partial charge is 0.493 e. The number of anilines is 1. The molecule has 1 amide bonds. The van der Waals surface area contributed by atoms with Crippen LogP contribution in [0.2, 0.25) is 5.02 Å². The van der Waals surface area contributed by atoms with Gasteiger partial charge in [-0.1, -0.05) is 30.7 Å². The van der Waals surface area contributed by atoms with Crippen LogP contribution in [-0.2, 0) is 0 Å². The minimum atomic E-state index is -0.314. The molecule has 148 valence electrons. The van der Waals surface area contributed by atoms with E-state index in [1.165, 1.54) is 0 Å². The molecule has 0 spiro atoms. The van der Waals surface area contributed by atoms with Gasteiger partial charge >= 0.3 is 0 Å². The maximum atomic E-state index is 12.7. The SMILES string of the molecule is CCCOc1ccccc1-c1cc(C(=O)Nc2cc(Cl)c3oc(C)cc3c2)[nH]n1. The normalized spacial score (nSPS) is 11.0. The van der Waals surface area contributed by atoms with Gasteiger partial charge in [-0.25, -0.2) is 0 Å². The van der Waals surface area contributed by atoms with E-state index in [4.69, 9.17) is 20.8 Å². The fourth-order valence-electron chi connectivity index (χ4n) is 3.10. The third kappa shape index (κ3) is 3.98. The topological polar surface area (TPSA) is 80.1 Å². The summed E-state index contributed by atoms with van der Waals surface area (Å²) >= 11 is 6.27. The number of benzene rings is 2. The van der Waals surface area contributed by atoms with Gasteiger partial charge in [0, 0.05) is 16.6 Å². The van der Waals surface area contributed by atoms with Gasteiger partial charge in [0.05, 0.1) is 17.3 Å². The molecule has 0 atom stereocenters. The predicted octanol–water partition coefficient (Wildman–Crippen LogP) is 5.83.